The topological polar surface area (TPSA) is 111 Å². The Hall–Kier alpha value is -0.990. The smallest absolute Gasteiger partial charge is 0.306 e. The number of phosphoric ester groups is 1. The van der Waals surface area contributed by atoms with Crippen LogP contribution in [0.3, 0.4) is 0 Å². The maximum absolute atomic E-state index is 12.6. The lowest BCUT2D eigenvalue weighted by Gasteiger charge is -2.28. The summed E-state index contributed by atoms with van der Waals surface area (Å²) >= 11 is 0. The van der Waals surface area contributed by atoms with Crippen LogP contribution in [-0.2, 0) is 32.7 Å². The number of quaternary nitrogens is 1. The van der Waals surface area contributed by atoms with Crippen molar-refractivity contribution in [2.45, 2.75) is 219 Å². The van der Waals surface area contributed by atoms with E-state index in [-0.39, 0.29) is 32.0 Å². The average molecular weight is 776 g/mol. The Morgan fingerprint density at radius 2 is 0.849 bits per heavy atom. The summed E-state index contributed by atoms with van der Waals surface area (Å²) in [6.45, 7) is 4.19. The monoisotopic (exact) mass is 776 g/mol. The first-order valence-corrected chi connectivity index (χ1v) is 23.7. The fourth-order valence-corrected chi connectivity index (χ4v) is 7.09. The number of nitrogens with zero attached hydrogens (tertiary/aromatic N) is 1. The summed E-state index contributed by atoms with van der Waals surface area (Å²) in [4.78, 5) is 37.2. The summed E-state index contributed by atoms with van der Waals surface area (Å²) in [6, 6.07) is 0. The Bertz CT molecular complexity index is 881. The van der Waals surface area contributed by atoms with Gasteiger partial charge in [0.15, 0.2) is 6.10 Å². The lowest BCUT2D eigenvalue weighted by atomic mass is 10.0. The minimum atomic E-state index is -4.61. The Kier molecular flexibility index (Phi) is 36.0. The highest BCUT2D eigenvalue weighted by Crippen LogP contribution is 2.38. The van der Waals surface area contributed by atoms with Crippen LogP contribution < -0.4 is 4.89 Å². The molecule has 10 heteroatoms. The molecule has 0 aromatic rings. The molecule has 316 valence electrons. The van der Waals surface area contributed by atoms with Crippen LogP contribution in [0.1, 0.15) is 213 Å². The number of phosphoric acid groups is 1. The predicted molar refractivity (Wildman–Crippen MR) is 218 cm³/mol. The fourth-order valence-electron chi connectivity index (χ4n) is 6.36. The van der Waals surface area contributed by atoms with Gasteiger partial charge in [0.1, 0.15) is 19.8 Å². The zero-order chi connectivity index (χ0) is 39.3. The normalized spacial score (nSPS) is 13.5. The van der Waals surface area contributed by atoms with Crippen molar-refractivity contribution in [2.24, 2.45) is 0 Å². The van der Waals surface area contributed by atoms with Gasteiger partial charge < -0.3 is 27.9 Å². The van der Waals surface area contributed by atoms with Crippen LogP contribution in [-0.4, -0.2) is 70.0 Å². The van der Waals surface area contributed by atoms with Gasteiger partial charge in [0.2, 0.25) is 0 Å². The molecule has 0 bridgehead atoms. The number of hydrogen-bond donors (Lipinski definition) is 0. The van der Waals surface area contributed by atoms with Crippen LogP contribution in [0.2, 0.25) is 0 Å². The maximum atomic E-state index is 12.6. The van der Waals surface area contributed by atoms with Crippen LogP contribution in [0.25, 0.3) is 0 Å². The summed E-state index contributed by atoms with van der Waals surface area (Å²) < 4.78 is 33.7. The first kappa shape index (κ1) is 52.0. The molecule has 0 aliphatic carbocycles. The molecular formula is C43H86NO8P. The maximum Gasteiger partial charge on any atom is 0.306 e. The molecule has 0 spiro atoms. The minimum absolute atomic E-state index is 0.0263. The standard InChI is InChI=1S/C43H86NO8P/c1-6-8-10-12-14-15-16-17-18-19-20-21-22-23-24-25-26-27-28-29-30-32-34-36-43(46)52-41(39-49-42(45)35-33-31-13-11-9-7-2)40-51-53(47,48)50-38-37-44(3,4)5/h41H,6-40H2,1-5H3. The van der Waals surface area contributed by atoms with Gasteiger partial charge in [-0.3, -0.25) is 14.2 Å². The molecule has 0 aromatic heterocycles. The van der Waals surface area contributed by atoms with Crippen molar-refractivity contribution in [1.82, 2.24) is 0 Å². The highest BCUT2D eigenvalue weighted by Gasteiger charge is 2.21. The highest BCUT2D eigenvalue weighted by atomic mass is 31.2. The number of rotatable bonds is 41. The zero-order valence-corrected chi connectivity index (χ0v) is 36.4. The van der Waals surface area contributed by atoms with Gasteiger partial charge in [0.25, 0.3) is 7.82 Å². The number of carbonyl (C=O) groups excluding carboxylic acids is 2. The van der Waals surface area contributed by atoms with Gasteiger partial charge in [0.05, 0.1) is 27.7 Å². The largest absolute Gasteiger partial charge is 0.756 e. The molecule has 0 aliphatic heterocycles. The number of carbonyl (C=O) groups is 2. The quantitative estimate of drug-likeness (QED) is 0.0261. The van der Waals surface area contributed by atoms with Crippen molar-refractivity contribution in [1.29, 1.82) is 0 Å². The van der Waals surface area contributed by atoms with E-state index in [1.807, 2.05) is 21.1 Å². The van der Waals surface area contributed by atoms with Crippen molar-refractivity contribution in [3.8, 4) is 0 Å². The summed E-state index contributed by atoms with van der Waals surface area (Å²) in [6.07, 6.45) is 36.0. The molecule has 2 unspecified atom stereocenters. The number of ether oxygens (including phenoxy) is 2. The second-order valence-electron chi connectivity index (χ2n) is 16.4. The van der Waals surface area contributed by atoms with Crippen LogP contribution in [0.15, 0.2) is 0 Å². The molecule has 0 radical (unpaired) electrons. The van der Waals surface area contributed by atoms with Gasteiger partial charge in [-0.25, -0.2) is 0 Å². The van der Waals surface area contributed by atoms with Crippen LogP contribution >= 0.6 is 7.82 Å². The molecular weight excluding hydrogens is 689 g/mol. The Labute approximate surface area is 327 Å². The number of unbranched alkanes of at least 4 members (excludes halogenated alkanes) is 27. The number of esters is 2. The summed E-state index contributed by atoms with van der Waals surface area (Å²) in [5, 5.41) is 0. The molecule has 0 N–H and O–H groups in total. The second kappa shape index (κ2) is 36.6. The molecule has 0 heterocycles. The van der Waals surface area contributed by atoms with Gasteiger partial charge in [-0.2, -0.15) is 0 Å². The van der Waals surface area contributed by atoms with Gasteiger partial charge in [-0.05, 0) is 12.8 Å². The van der Waals surface area contributed by atoms with Crippen molar-refractivity contribution < 1.29 is 42.1 Å². The van der Waals surface area contributed by atoms with Gasteiger partial charge in [0, 0.05) is 12.8 Å². The molecule has 9 nitrogen and oxygen atoms in total. The second-order valence-corrected chi connectivity index (χ2v) is 17.8. The number of likely N-dealkylation sites (N-methyl/N-ethyl adjacent to an activating group) is 1. The van der Waals surface area contributed by atoms with E-state index < -0.39 is 26.5 Å². The van der Waals surface area contributed by atoms with E-state index in [2.05, 4.69) is 13.8 Å². The molecule has 2 atom stereocenters. The van der Waals surface area contributed by atoms with Crippen molar-refractivity contribution >= 4 is 19.8 Å². The Morgan fingerprint density at radius 1 is 0.509 bits per heavy atom. The lowest BCUT2D eigenvalue weighted by Crippen LogP contribution is -2.37. The lowest BCUT2D eigenvalue weighted by molar-refractivity contribution is -0.870. The van der Waals surface area contributed by atoms with Crippen molar-refractivity contribution in [3.63, 3.8) is 0 Å². The van der Waals surface area contributed by atoms with E-state index in [0.29, 0.717) is 17.4 Å². The minimum Gasteiger partial charge on any atom is -0.756 e. The van der Waals surface area contributed by atoms with E-state index in [9.17, 15) is 19.0 Å². The van der Waals surface area contributed by atoms with Crippen molar-refractivity contribution in [2.75, 3.05) is 47.5 Å². The summed E-state index contributed by atoms with van der Waals surface area (Å²) in [5.41, 5.74) is 0. The van der Waals surface area contributed by atoms with Crippen LogP contribution in [0, 0.1) is 0 Å². The molecule has 0 fully saturated rings. The molecule has 53 heavy (non-hydrogen) atoms. The van der Waals surface area contributed by atoms with E-state index in [0.717, 1.165) is 38.5 Å². The molecule has 0 saturated carbocycles. The average Bonchev–Trinajstić information content (AvgIpc) is 3.10. The van der Waals surface area contributed by atoms with Crippen LogP contribution in [0.5, 0.6) is 0 Å². The van der Waals surface area contributed by atoms with E-state index in [1.54, 1.807) is 0 Å². The van der Waals surface area contributed by atoms with Gasteiger partial charge >= 0.3 is 11.9 Å². The fraction of sp³-hybridized carbons (Fsp3) is 0.953. The first-order valence-electron chi connectivity index (χ1n) is 22.2. The first-order chi connectivity index (χ1) is 25.5. The van der Waals surface area contributed by atoms with E-state index >= 15 is 0 Å². The predicted octanol–water partition coefficient (Wildman–Crippen LogP) is 11.8. The Balaban J connectivity index is 4.06. The van der Waals surface area contributed by atoms with Gasteiger partial charge in [-0.15, -0.1) is 0 Å². The third-order valence-corrected chi connectivity index (χ3v) is 10.8. The van der Waals surface area contributed by atoms with E-state index in [1.165, 1.54) is 141 Å². The van der Waals surface area contributed by atoms with Crippen LogP contribution in [0.4, 0.5) is 0 Å². The van der Waals surface area contributed by atoms with E-state index in [4.69, 9.17) is 18.5 Å². The molecule has 0 rings (SSSR count). The number of hydrogen-bond acceptors (Lipinski definition) is 8. The molecule has 0 aromatic carbocycles. The Morgan fingerprint density at radius 3 is 1.21 bits per heavy atom. The summed E-state index contributed by atoms with van der Waals surface area (Å²) in [5.74, 6) is -0.832. The zero-order valence-electron chi connectivity index (χ0n) is 35.5. The van der Waals surface area contributed by atoms with Crippen molar-refractivity contribution in [3.05, 3.63) is 0 Å². The molecule has 0 amide bonds. The SMILES string of the molecule is CCCCCCCCCCCCCCCCCCCCCCCCCC(=O)OC(COC(=O)CCCCCCCC)COP(=O)([O-])OCC[N+](C)(C)C. The van der Waals surface area contributed by atoms with Gasteiger partial charge in [-0.1, -0.05) is 187 Å². The highest BCUT2D eigenvalue weighted by molar-refractivity contribution is 7.45. The third kappa shape index (κ3) is 40.5. The third-order valence-electron chi connectivity index (χ3n) is 9.88. The molecule has 0 aliphatic rings. The summed E-state index contributed by atoms with van der Waals surface area (Å²) in [7, 11) is 1.18. The molecule has 0 saturated heterocycles.